The van der Waals surface area contributed by atoms with Crippen LogP contribution < -0.4 is 5.32 Å². The van der Waals surface area contributed by atoms with Crippen molar-refractivity contribution in [1.82, 2.24) is 20.1 Å². The number of hydrogen-bond acceptors (Lipinski definition) is 4. The van der Waals surface area contributed by atoms with Crippen LogP contribution in [0.3, 0.4) is 0 Å². The minimum atomic E-state index is -0.561. The second-order valence-corrected chi connectivity index (χ2v) is 9.07. The van der Waals surface area contributed by atoms with Gasteiger partial charge in [-0.25, -0.2) is 4.39 Å². The summed E-state index contributed by atoms with van der Waals surface area (Å²) in [6, 6.07) is 9.25. The lowest BCUT2D eigenvalue weighted by Crippen LogP contribution is -2.40. The number of nitrogens with zero attached hydrogens (tertiary/aromatic N) is 2. The van der Waals surface area contributed by atoms with Crippen molar-refractivity contribution < 1.29 is 9.18 Å². The van der Waals surface area contributed by atoms with Crippen LogP contribution in [0.4, 0.5) is 4.39 Å². The van der Waals surface area contributed by atoms with Gasteiger partial charge in [-0.2, -0.15) is 5.10 Å². The zero-order chi connectivity index (χ0) is 20.5. The summed E-state index contributed by atoms with van der Waals surface area (Å²) in [6.45, 7) is 7.90. The Hall–Kier alpha value is -2.32. The Bertz CT molecular complexity index is 1000. The minimum Gasteiger partial charge on any atom is -0.347 e. The van der Waals surface area contributed by atoms with Gasteiger partial charge in [0.05, 0.1) is 10.9 Å². The van der Waals surface area contributed by atoms with Crippen molar-refractivity contribution in [3.63, 3.8) is 0 Å². The molecule has 0 aliphatic heterocycles. The molecule has 1 amide bonds. The minimum absolute atomic E-state index is 0.181. The van der Waals surface area contributed by atoms with Gasteiger partial charge in [0.1, 0.15) is 11.9 Å². The fraction of sp³-hybridized carbons (Fsp3) is 0.350. The van der Waals surface area contributed by atoms with Gasteiger partial charge in [0, 0.05) is 0 Å². The lowest BCUT2D eigenvalue weighted by molar-refractivity contribution is -0.125. The average Bonchev–Trinajstić information content (AvgIpc) is 3.28. The third-order valence-corrected chi connectivity index (χ3v) is 5.72. The van der Waals surface area contributed by atoms with Crippen molar-refractivity contribution in [1.29, 1.82) is 0 Å². The Morgan fingerprint density at radius 2 is 1.96 bits per heavy atom. The molecular formula is C20H23FN4OS2. The maximum Gasteiger partial charge on any atom is 0.243 e. The Morgan fingerprint density at radius 3 is 2.54 bits per heavy atom. The SMILES string of the molecule is CC(C(=O)NC(c1ccc(F)cc1)C(C)(C)C)n1c(-c2cccs2)n[nH]c1=S. The largest absolute Gasteiger partial charge is 0.347 e. The molecule has 2 unspecified atom stereocenters. The van der Waals surface area contributed by atoms with Crippen molar-refractivity contribution in [3.05, 3.63) is 57.9 Å². The average molecular weight is 419 g/mol. The molecule has 0 aliphatic rings. The number of aromatic amines is 1. The first-order valence-corrected chi connectivity index (χ1v) is 10.2. The number of hydrogen-bond donors (Lipinski definition) is 2. The van der Waals surface area contributed by atoms with E-state index < -0.39 is 6.04 Å². The highest BCUT2D eigenvalue weighted by Gasteiger charge is 2.30. The summed E-state index contributed by atoms with van der Waals surface area (Å²) >= 11 is 6.90. The number of aromatic nitrogens is 3. The molecule has 2 aromatic heterocycles. The van der Waals surface area contributed by atoms with Gasteiger partial charge in [-0.15, -0.1) is 11.3 Å². The van der Waals surface area contributed by atoms with Crippen LogP contribution in [0.1, 0.15) is 45.3 Å². The number of nitrogens with one attached hydrogen (secondary N) is 2. The maximum atomic E-state index is 13.3. The Kier molecular flexibility index (Phi) is 5.81. The van der Waals surface area contributed by atoms with Crippen LogP contribution >= 0.6 is 23.6 Å². The predicted octanol–water partition coefficient (Wildman–Crippen LogP) is 5.27. The molecule has 0 bridgehead atoms. The molecule has 28 heavy (non-hydrogen) atoms. The number of benzene rings is 1. The van der Waals surface area contributed by atoms with Gasteiger partial charge >= 0.3 is 0 Å². The molecule has 8 heteroatoms. The standard InChI is InChI=1S/C20H23FN4OS2/c1-12(25-17(23-24-19(25)27)15-6-5-11-28-15)18(26)22-16(20(2,3)4)13-7-9-14(21)10-8-13/h5-12,16H,1-4H3,(H,22,26)(H,24,27). The molecule has 0 spiro atoms. The molecule has 0 saturated carbocycles. The number of thiophene rings is 1. The Balaban J connectivity index is 1.90. The molecule has 0 saturated heterocycles. The van der Waals surface area contributed by atoms with Crippen LogP contribution in [0.25, 0.3) is 10.7 Å². The van der Waals surface area contributed by atoms with Gasteiger partial charge in [-0.05, 0) is 53.7 Å². The quantitative estimate of drug-likeness (QED) is 0.555. The van der Waals surface area contributed by atoms with Gasteiger partial charge in [0.25, 0.3) is 0 Å². The van der Waals surface area contributed by atoms with E-state index in [0.29, 0.717) is 10.6 Å². The summed E-state index contributed by atoms with van der Waals surface area (Å²) in [4.78, 5) is 14.1. The molecule has 3 rings (SSSR count). The van der Waals surface area contributed by atoms with Crippen molar-refractivity contribution in [3.8, 4) is 10.7 Å². The van der Waals surface area contributed by atoms with Gasteiger partial charge in [0.15, 0.2) is 10.6 Å². The number of amides is 1. The van der Waals surface area contributed by atoms with Crippen LogP contribution in [-0.2, 0) is 4.79 Å². The Labute approximate surface area is 172 Å². The van der Waals surface area contributed by atoms with Crippen LogP contribution in [0.2, 0.25) is 0 Å². The first-order chi connectivity index (χ1) is 13.2. The van der Waals surface area contributed by atoms with Crippen molar-refractivity contribution >= 4 is 29.5 Å². The molecule has 2 atom stereocenters. The molecule has 0 fully saturated rings. The highest BCUT2D eigenvalue weighted by Crippen LogP contribution is 2.34. The number of rotatable bonds is 5. The molecule has 2 N–H and O–H groups in total. The first kappa shape index (κ1) is 20.4. The lowest BCUT2D eigenvalue weighted by Gasteiger charge is -2.33. The van der Waals surface area contributed by atoms with Crippen molar-refractivity contribution in [2.45, 2.75) is 39.8 Å². The van der Waals surface area contributed by atoms with Crippen LogP contribution in [0.5, 0.6) is 0 Å². The predicted molar refractivity (Wildman–Crippen MR) is 112 cm³/mol. The number of H-pyrrole nitrogens is 1. The van der Waals surface area contributed by atoms with Gasteiger partial charge in [0.2, 0.25) is 5.91 Å². The van der Waals surface area contributed by atoms with E-state index in [-0.39, 0.29) is 23.2 Å². The van der Waals surface area contributed by atoms with Gasteiger partial charge in [-0.3, -0.25) is 14.5 Å². The van der Waals surface area contributed by atoms with E-state index >= 15 is 0 Å². The van der Waals surface area contributed by atoms with Gasteiger partial charge in [-0.1, -0.05) is 39.0 Å². The Morgan fingerprint density at radius 1 is 1.29 bits per heavy atom. The second kappa shape index (κ2) is 7.97. The zero-order valence-corrected chi connectivity index (χ0v) is 17.8. The smallest absolute Gasteiger partial charge is 0.243 e. The van der Waals surface area contributed by atoms with Crippen LogP contribution in [-0.4, -0.2) is 20.7 Å². The van der Waals surface area contributed by atoms with Crippen molar-refractivity contribution in [2.24, 2.45) is 5.41 Å². The van der Waals surface area contributed by atoms with E-state index in [1.165, 1.54) is 23.5 Å². The monoisotopic (exact) mass is 418 g/mol. The molecular weight excluding hydrogens is 395 g/mol. The summed E-state index contributed by atoms with van der Waals surface area (Å²) in [5, 5.41) is 12.1. The number of carbonyl (C=O) groups is 1. The van der Waals surface area contributed by atoms with Gasteiger partial charge < -0.3 is 5.32 Å². The number of carbonyl (C=O) groups excluding carboxylic acids is 1. The molecule has 2 heterocycles. The normalized spacial score (nSPS) is 13.9. The third kappa shape index (κ3) is 4.23. The van der Waals surface area contributed by atoms with E-state index in [0.717, 1.165) is 10.4 Å². The number of halogens is 1. The highest BCUT2D eigenvalue weighted by atomic mass is 32.1. The summed E-state index contributed by atoms with van der Waals surface area (Å²) in [5.41, 5.74) is 0.588. The maximum absolute atomic E-state index is 13.3. The highest BCUT2D eigenvalue weighted by molar-refractivity contribution is 7.71. The van der Waals surface area contributed by atoms with E-state index in [9.17, 15) is 9.18 Å². The molecule has 0 aliphatic carbocycles. The summed E-state index contributed by atoms with van der Waals surface area (Å²) < 4.78 is 15.4. The molecule has 5 nitrogen and oxygen atoms in total. The van der Waals surface area contributed by atoms with Crippen molar-refractivity contribution in [2.75, 3.05) is 0 Å². The topological polar surface area (TPSA) is 62.7 Å². The summed E-state index contributed by atoms with van der Waals surface area (Å²) in [6.07, 6.45) is 0. The molecule has 1 aromatic carbocycles. The zero-order valence-electron chi connectivity index (χ0n) is 16.2. The van der Waals surface area contributed by atoms with E-state index in [2.05, 4.69) is 15.5 Å². The van der Waals surface area contributed by atoms with Crippen LogP contribution in [0, 0.1) is 16.0 Å². The summed E-state index contributed by atoms with van der Waals surface area (Å²) in [5.74, 6) is 0.151. The third-order valence-electron chi connectivity index (χ3n) is 4.57. The lowest BCUT2D eigenvalue weighted by atomic mass is 9.82. The molecule has 3 aromatic rings. The molecule has 0 radical (unpaired) electrons. The molecule has 148 valence electrons. The van der Waals surface area contributed by atoms with Crippen LogP contribution in [0.15, 0.2) is 41.8 Å². The first-order valence-electron chi connectivity index (χ1n) is 8.95. The second-order valence-electron chi connectivity index (χ2n) is 7.73. The van der Waals surface area contributed by atoms with E-state index in [1.54, 1.807) is 23.6 Å². The fourth-order valence-corrected chi connectivity index (χ4v) is 4.08. The fourth-order valence-electron chi connectivity index (χ4n) is 3.08. The van der Waals surface area contributed by atoms with E-state index in [1.807, 2.05) is 38.3 Å². The van der Waals surface area contributed by atoms with E-state index in [4.69, 9.17) is 12.2 Å². The summed E-state index contributed by atoms with van der Waals surface area (Å²) in [7, 11) is 0.